The molecule has 0 saturated carbocycles. The maximum absolute atomic E-state index is 6.33. The Kier molecular flexibility index (Phi) is 3.12. The lowest BCUT2D eigenvalue weighted by atomic mass is 9.97. The third-order valence-corrected chi connectivity index (χ3v) is 3.70. The lowest BCUT2D eigenvalue weighted by molar-refractivity contribution is 0.295. The van der Waals surface area contributed by atoms with Crippen LogP contribution in [0.25, 0.3) is 0 Å². The summed E-state index contributed by atoms with van der Waals surface area (Å²) in [5.41, 5.74) is 1.12. The Bertz CT molecular complexity index is 416. The third kappa shape index (κ3) is 2.09. The van der Waals surface area contributed by atoms with E-state index in [1.807, 2.05) is 12.1 Å². The van der Waals surface area contributed by atoms with Crippen LogP contribution in [0.3, 0.4) is 0 Å². The van der Waals surface area contributed by atoms with Crippen molar-refractivity contribution in [3.05, 3.63) is 22.7 Å². The second-order valence-corrected chi connectivity index (χ2v) is 4.94. The fourth-order valence-electron chi connectivity index (χ4n) is 2.51. The predicted octanol–water partition coefficient (Wildman–Crippen LogP) is 2.58. The number of ether oxygens (including phenoxy) is 2. The van der Waals surface area contributed by atoms with Crippen molar-refractivity contribution < 1.29 is 9.47 Å². The average molecular weight is 254 g/mol. The van der Waals surface area contributed by atoms with Gasteiger partial charge < -0.3 is 14.8 Å². The van der Waals surface area contributed by atoms with Gasteiger partial charge in [-0.05, 0) is 25.1 Å². The fourth-order valence-corrected chi connectivity index (χ4v) is 2.82. The van der Waals surface area contributed by atoms with E-state index in [0.29, 0.717) is 12.5 Å². The smallest absolute Gasteiger partial charge is 0.166 e. The van der Waals surface area contributed by atoms with Gasteiger partial charge >= 0.3 is 0 Å². The Hall–Kier alpha value is -0.930. The second-order valence-electron chi connectivity index (χ2n) is 4.53. The number of halogens is 1. The zero-order valence-electron chi connectivity index (χ0n) is 9.67. The predicted molar refractivity (Wildman–Crippen MR) is 67.3 cm³/mol. The van der Waals surface area contributed by atoms with Gasteiger partial charge in [0.15, 0.2) is 11.5 Å². The molecule has 1 atom stereocenters. The highest BCUT2D eigenvalue weighted by Gasteiger charge is 2.26. The number of benzene rings is 1. The SMILES string of the molecule is Clc1ccc2c(c1C1CCNC1)OCCCO2. The molecular formula is C13H16ClNO2. The Morgan fingerprint density at radius 3 is 2.94 bits per heavy atom. The average Bonchev–Trinajstić information content (AvgIpc) is 2.74. The molecule has 92 valence electrons. The Morgan fingerprint density at radius 1 is 1.24 bits per heavy atom. The molecule has 1 unspecified atom stereocenters. The van der Waals surface area contributed by atoms with Crippen LogP contribution < -0.4 is 14.8 Å². The van der Waals surface area contributed by atoms with Crippen LogP contribution in [0.2, 0.25) is 5.02 Å². The molecule has 1 aromatic carbocycles. The molecule has 0 amide bonds. The molecular weight excluding hydrogens is 238 g/mol. The summed E-state index contributed by atoms with van der Waals surface area (Å²) in [6.45, 7) is 3.45. The van der Waals surface area contributed by atoms with Crippen LogP contribution >= 0.6 is 11.6 Å². The summed E-state index contributed by atoms with van der Waals surface area (Å²) in [7, 11) is 0. The summed E-state index contributed by atoms with van der Waals surface area (Å²) in [6, 6.07) is 3.83. The molecule has 0 aliphatic carbocycles. The quantitative estimate of drug-likeness (QED) is 0.835. The van der Waals surface area contributed by atoms with Gasteiger partial charge in [0.05, 0.1) is 13.2 Å². The molecule has 1 aromatic rings. The molecule has 3 nitrogen and oxygen atoms in total. The minimum Gasteiger partial charge on any atom is -0.490 e. The van der Waals surface area contributed by atoms with Crippen molar-refractivity contribution in [3.8, 4) is 11.5 Å². The van der Waals surface area contributed by atoms with Crippen LogP contribution in [-0.4, -0.2) is 26.3 Å². The van der Waals surface area contributed by atoms with E-state index in [4.69, 9.17) is 21.1 Å². The second kappa shape index (κ2) is 4.75. The minimum absolute atomic E-state index is 0.444. The zero-order valence-corrected chi connectivity index (χ0v) is 10.4. The van der Waals surface area contributed by atoms with Gasteiger partial charge in [-0.1, -0.05) is 11.6 Å². The number of rotatable bonds is 1. The van der Waals surface area contributed by atoms with E-state index in [0.717, 1.165) is 54.6 Å². The van der Waals surface area contributed by atoms with Crippen LogP contribution in [0.15, 0.2) is 12.1 Å². The normalized spacial score (nSPS) is 23.5. The van der Waals surface area contributed by atoms with E-state index in [9.17, 15) is 0 Å². The molecule has 0 spiro atoms. The van der Waals surface area contributed by atoms with Gasteiger partial charge in [-0.25, -0.2) is 0 Å². The summed E-state index contributed by atoms with van der Waals surface area (Å²) in [5.74, 6) is 2.15. The van der Waals surface area contributed by atoms with Gasteiger partial charge in [-0.3, -0.25) is 0 Å². The number of nitrogens with one attached hydrogen (secondary N) is 1. The first-order valence-electron chi connectivity index (χ1n) is 6.15. The van der Waals surface area contributed by atoms with Crippen molar-refractivity contribution in [2.75, 3.05) is 26.3 Å². The van der Waals surface area contributed by atoms with Crippen molar-refractivity contribution in [3.63, 3.8) is 0 Å². The molecule has 2 aliphatic rings. The maximum atomic E-state index is 6.33. The minimum atomic E-state index is 0.444. The first-order valence-corrected chi connectivity index (χ1v) is 6.53. The topological polar surface area (TPSA) is 30.5 Å². The van der Waals surface area contributed by atoms with Crippen LogP contribution in [0.4, 0.5) is 0 Å². The standard InChI is InChI=1S/C13H16ClNO2/c14-10-2-3-11-13(17-7-1-6-16-11)12(10)9-4-5-15-8-9/h2-3,9,15H,1,4-8H2. The van der Waals surface area contributed by atoms with Gasteiger partial charge in [0.25, 0.3) is 0 Å². The van der Waals surface area contributed by atoms with Crippen molar-refractivity contribution in [1.29, 1.82) is 0 Å². The highest BCUT2D eigenvalue weighted by molar-refractivity contribution is 6.31. The number of hydrogen-bond acceptors (Lipinski definition) is 3. The monoisotopic (exact) mass is 253 g/mol. The Balaban J connectivity index is 2.05. The zero-order chi connectivity index (χ0) is 11.7. The van der Waals surface area contributed by atoms with Crippen molar-refractivity contribution in [2.45, 2.75) is 18.8 Å². The van der Waals surface area contributed by atoms with E-state index in [1.165, 1.54) is 0 Å². The highest BCUT2D eigenvalue weighted by Crippen LogP contribution is 2.43. The van der Waals surface area contributed by atoms with Crippen LogP contribution in [0.1, 0.15) is 24.3 Å². The molecule has 1 N–H and O–H groups in total. The van der Waals surface area contributed by atoms with Gasteiger partial charge in [0.2, 0.25) is 0 Å². The summed E-state index contributed by atoms with van der Waals surface area (Å²) in [4.78, 5) is 0. The van der Waals surface area contributed by atoms with E-state index in [2.05, 4.69) is 5.32 Å². The lowest BCUT2D eigenvalue weighted by Crippen LogP contribution is -2.09. The van der Waals surface area contributed by atoms with Crippen molar-refractivity contribution in [2.24, 2.45) is 0 Å². The summed E-state index contributed by atoms with van der Waals surface area (Å²) < 4.78 is 11.5. The van der Waals surface area contributed by atoms with E-state index < -0.39 is 0 Å². The molecule has 0 aromatic heterocycles. The third-order valence-electron chi connectivity index (χ3n) is 3.37. The van der Waals surface area contributed by atoms with Crippen molar-refractivity contribution >= 4 is 11.6 Å². The molecule has 0 radical (unpaired) electrons. The molecule has 0 bridgehead atoms. The number of fused-ring (bicyclic) bond motifs is 1. The lowest BCUT2D eigenvalue weighted by Gasteiger charge is -2.18. The first kappa shape index (κ1) is 11.2. The van der Waals surface area contributed by atoms with Crippen LogP contribution in [0, 0.1) is 0 Å². The molecule has 1 fully saturated rings. The van der Waals surface area contributed by atoms with Crippen LogP contribution in [0.5, 0.6) is 11.5 Å². The molecule has 17 heavy (non-hydrogen) atoms. The van der Waals surface area contributed by atoms with Gasteiger partial charge in [-0.15, -0.1) is 0 Å². The largest absolute Gasteiger partial charge is 0.490 e. The highest BCUT2D eigenvalue weighted by atomic mass is 35.5. The number of hydrogen-bond donors (Lipinski definition) is 1. The Morgan fingerprint density at radius 2 is 2.12 bits per heavy atom. The molecule has 1 saturated heterocycles. The molecule has 2 heterocycles. The summed E-state index contributed by atoms with van der Waals surface area (Å²) in [6.07, 6.45) is 2.04. The van der Waals surface area contributed by atoms with Gasteiger partial charge in [0.1, 0.15) is 0 Å². The van der Waals surface area contributed by atoms with E-state index >= 15 is 0 Å². The fraction of sp³-hybridized carbons (Fsp3) is 0.538. The molecule has 4 heteroatoms. The van der Waals surface area contributed by atoms with E-state index in [-0.39, 0.29) is 0 Å². The summed E-state index contributed by atoms with van der Waals surface area (Å²) >= 11 is 6.33. The van der Waals surface area contributed by atoms with E-state index in [1.54, 1.807) is 0 Å². The molecule has 2 aliphatic heterocycles. The van der Waals surface area contributed by atoms with Crippen molar-refractivity contribution in [1.82, 2.24) is 5.32 Å². The van der Waals surface area contributed by atoms with Gasteiger partial charge in [0, 0.05) is 29.5 Å². The molecule has 3 rings (SSSR count). The van der Waals surface area contributed by atoms with Crippen LogP contribution in [-0.2, 0) is 0 Å². The van der Waals surface area contributed by atoms with Gasteiger partial charge in [-0.2, -0.15) is 0 Å². The Labute approximate surface area is 106 Å². The summed E-state index contributed by atoms with van der Waals surface area (Å²) in [5, 5.41) is 4.16. The maximum Gasteiger partial charge on any atom is 0.166 e. The first-order chi connectivity index (χ1) is 8.36.